The molecule has 0 aliphatic carbocycles. The first-order valence-corrected chi connectivity index (χ1v) is 9.99. The van der Waals surface area contributed by atoms with Gasteiger partial charge in [-0.3, -0.25) is 14.3 Å². The highest BCUT2D eigenvalue weighted by Crippen LogP contribution is 2.30. The molecule has 2 aliphatic rings. The van der Waals surface area contributed by atoms with Crippen molar-refractivity contribution in [3.8, 4) is 22.8 Å². The van der Waals surface area contributed by atoms with Gasteiger partial charge in [0, 0.05) is 16.5 Å². The van der Waals surface area contributed by atoms with Crippen molar-refractivity contribution in [2.45, 2.75) is 19.8 Å². The second-order valence-corrected chi connectivity index (χ2v) is 7.79. The molecule has 3 aromatic rings. The fourth-order valence-corrected chi connectivity index (χ4v) is 3.83. The highest BCUT2D eigenvalue weighted by Gasteiger charge is 2.19. The Kier molecular flexibility index (Phi) is 4.32. The van der Waals surface area contributed by atoms with Crippen molar-refractivity contribution in [3.63, 3.8) is 0 Å². The first-order valence-electron chi connectivity index (χ1n) is 9.99. The van der Waals surface area contributed by atoms with Crippen LogP contribution in [0.4, 0.5) is 0 Å². The normalized spacial score (nSPS) is 11.6. The highest BCUT2D eigenvalue weighted by molar-refractivity contribution is 5.94. The van der Waals surface area contributed by atoms with E-state index < -0.39 is 11.2 Å². The molecule has 31 heavy (non-hydrogen) atoms. The summed E-state index contributed by atoms with van der Waals surface area (Å²) in [6, 6.07) is 17.3. The molecule has 0 bridgehead atoms. The number of nitrogens with zero attached hydrogens (tertiary/aromatic N) is 3. The van der Waals surface area contributed by atoms with Gasteiger partial charge in [-0.25, -0.2) is 9.78 Å². The van der Waals surface area contributed by atoms with Gasteiger partial charge in [-0.2, -0.15) is 4.98 Å². The minimum atomic E-state index is -0.693. The van der Waals surface area contributed by atoms with Crippen molar-refractivity contribution in [3.05, 3.63) is 81.0 Å². The Morgan fingerprint density at radius 3 is 2.42 bits per heavy atom. The van der Waals surface area contributed by atoms with Crippen LogP contribution in [-0.2, 0) is 0 Å². The summed E-state index contributed by atoms with van der Waals surface area (Å²) in [5.41, 5.74) is 2.53. The standard InChI is InChI=1S/C24H20N4O3/c1-13(2)14-4-9-20-15(10-14)11-16-12-19-22(26-24(30)27-23(19)29)28(21(16)25-20)17-5-7-18(31-3)8-6-17/h4-13H,1-3H3,(H,27,29,30). The molecule has 0 amide bonds. The number of benzene rings is 2. The van der Waals surface area contributed by atoms with Crippen molar-refractivity contribution in [2.24, 2.45) is 0 Å². The summed E-state index contributed by atoms with van der Waals surface area (Å²) in [6.07, 6.45) is 0. The van der Waals surface area contributed by atoms with Gasteiger partial charge in [-0.1, -0.05) is 19.9 Å². The zero-order chi connectivity index (χ0) is 21.7. The molecule has 1 N–H and O–H groups in total. The van der Waals surface area contributed by atoms with E-state index in [0.29, 0.717) is 22.9 Å². The van der Waals surface area contributed by atoms with E-state index in [2.05, 4.69) is 35.9 Å². The Labute approximate surface area is 177 Å². The maximum atomic E-state index is 12.6. The number of H-pyrrole nitrogens is 1. The van der Waals surface area contributed by atoms with Gasteiger partial charge in [0.05, 0.1) is 18.2 Å². The Morgan fingerprint density at radius 1 is 0.935 bits per heavy atom. The molecule has 2 aliphatic heterocycles. The number of fused-ring (bicyclic) bond motifs is 3. The largest absolute Gasteiger partial charge is 0.497 e. The van der Waals surface area contributed by atoms with E-state index in [4.69, 9.17) is 9.72 Å². The molecule has 7 nitrogen and oxygen atoms in total. The minimum absolute atomic E-state index is 0.261. The van der Waals surface area contributed by atoms with Crippen LogP contribution < -0.4 is 16.0 Å². The summed E-state index contributed by atoms with van der Waals surface area (Å²) in [5.74, 6) is 1.35. The molecule has 0 radical (unpaired) electrons. The van der Waals surface area contributed by atoms with E-state index in [9.17, 15) is 9.59 Å². The Hall–Kier alpha value is -4.00. The number of aromatic nitrogens is 4. The van der Waals surface area contributed by atoms with Crippen LogP contribution in [0.15, 0.2) is 64.2 Å². The Morgan fingerprint density at radius 2 is 1.71 bits per heavy atom. The average Bonchev–Trinajstić information content (AvgIpc) is 2.76. The SMILES string of the molecule is COc1ccc(-n2c3nc(=O)[nH]c(=O)c-3cc3cc4cc(C(C)C)ccc4nc32)cc1. The summed E-state index contributed by atoms with van der Waals surface area (Å²) in [5, 5.41) is 1.77. The van der Waals surface area contributed by atoms with Gasteiger partial charge >= 0.3 is 5.69 Å². The van der Waals surface area contributed by atoms with Gasteiger partial charge in [-0.05, 0) is 60.0 Å². The summed E-state index contributed by atoms with van der Waals surface area (Å²) >= 11 is 0. The lowest BCUT2D eigenvalue weighted by Crippen LogP contribution is -2.27. The number of hydrogen-bond donors (Lipinski definition) is 1. The van der Waals surface area contributed by atoms with Crippen LogP contribution in [-0.4, -0.2) is 26.6 Å². The van der Waals surface area contributed by atoms with Gasteiger partial charge < -0.3 is 4.74 Å². The molecule has 0 saturated carbocycles. The van der Waals surface area contributed by atoms with Gasteiger partial charge in [0.15, 0.2) is 5.82 Å². The topological polar surface area (TPSA) is 89.9 Å². The summed E-state index contributed by atoms with van der Waals surface area (Å²) < 4.78 is 7.01. The third-order valence-corrected chi connectivity index (χ3v) is 5.48. The van der Waals surface area contributed by atoms with Gasteiger partial charge in [0.2, 0.25) is 0 Å². The zero-order valence-electron chi connectivity index (χ0n) is 17.3. The number of nitrogens with one attached hydrogen (secondary N) is 1. The van der Waals surface area contributed by atoms with E-state index in [1.165, 1.54) is 5.56 Å². The van der Waals surface area contributed by atoms with E-state index >= 15 is 0 Å². The molecule has 2 aromatic carbocycles. The van der Waals surface area contributed by atoms with Gasteiger partial charge in [0.25, 0.3) is 5.56 Å². The first-order chi connectivity index (χ1) is 14.9. The number of aromatic amines is 1. The third-order valence-electron chi connectivity index (χ3n) is 5.48. The lowest BCUT2D eigenvalue weighted by Gasteiger charge is -2.18. The van der Waals surface area contributed by atoms with Crippen molar-refractivity contribution in [1.29, 1.82) is 0 Å². The molecule has 0 atom stereocenters. The highest BCUT2D eigenvalue weighted by atomic mass is 16.5. The summed E-state index contributed by atoms with van der Waals surface area (Å²) in [7, 11) is 1.60. The zero-order valence-corrected chi connectivity index (χ0v) is 17.3. The predicted molar refractivity (Wildman–Crippen MR) is 121 cm³/mol. The number of ether oxygens (including phenoxy) is 1. The van der Waals surface area contributed by atoms with Crippen LogP contribution in [0, 0.1) is 0 Å². The Bertz CT molecular complexity index is 1530. The summed E-state index contributed by atoms with van der Waals surface area (Å²) in [4.78, 5) is 35.8. The van der Waals surface area contributed by atoms with Gasteiger partial charge in [0.1, 0.15) is 11.4 Å². The lowest BCUT2D eigenvalue weighted by molar-refractivity contribution is 0.415. The number of hydrogen-bond acceptors (Lipinski definition) is 5. The van der Waals surface area contributed by atoms with Crippen molar-refractivity contribution < 1.29 is 4.74 Å². The maximum absolute atomic E-state index is 12.6. The fourth-order valence-electron chi connectivity index (χ4n) is 3.83. The number of rotatable bonds is 3. The molecule has 0 fully saturated rings. The molecule has 154 valence electrons. The Balaban J connectivity index is 1.92. The van der Waals surface area contributed by atoms with Crippen LogP contribution in [0.5, 0.6) is 5.75 Å². The van der Waals surface area contributed by atoms with Crippen molar-refractivity contribution in [1.82, 2.24) is 19.5 Å². The van der Waals surface area contributed by atoms with Crippen LogP contribution in [0.3, 0.4) is 0 Å². The molecule has 5 rings (SSSR count). The lowest BCUT2D eigenvalue weighted by atomic mass is 10.0. The van der Waals surface area contributed by atoms with Crippen molar-refractivity contribution in [2.75, 3.05) is 7.11 Å². The van der Waals surface area contributed by atoms with E-state index in [0.717, 1.165) is 22.0 Å². The first kappa shape index (κ1) is 19.0. The number of pyridine rings is 2. The third kappa shape index (κ3) is 3.15. The van der Waals surface area contributed by atoms with E-state index in [1.807, 2.05) is 36.4 Å². The number of methoxy groups -OCH3 is 1. The van der Waals surface area contributed by atoms with E-state index in [1.54, 1.807) is 17.7 Å². The van der Waals surface area contributed by atoms with Gasteiger partial charge in [-0.15, -0.1) is 0 Å². The van der Waals surface area contributed by atoms with E-state index in [-0.39, 0.29) is 5.82 Å². The van der Waals surface area contributed by atoms with Crippen LogP contribution in [0.1, 0.15) is 25.3 Å². The summed E-state index contributed by atoms with van der Waals surface area (Å²) in [6.45, 7) is 4.29. The molecular weight excluding hydrogens is 392 g/mol. The average molecular weight is 412 g/mol. The molecule has 1 aromatic heterocycles. The molecule has 0 unspecified atom stereocenters. The van der Waals surface area contributed by atoms with Crippen molar-refractivity contribution >= 4 is 21.9 Å². The second kappa shape index (κ2) is 7.05. The molecular formula is C24H20N4O3. The molecule has 7 heteroatoms. The monoisotopic (exact) mass is 412 g/mol. The smallest absolute Gasteiger partial charge is 0.349 e. The molecule has 0 saturated heterocycles. The minimum Gasteiger partial charge on any atom is -0.497 e. The molecule has 0 spiro atoms. The second-order valence-electron chi connectivity index (χ2n) is 7.79. The molecule has 3 heterocycles. The fraction of sp³-hybridized carbons (Fsp3) is 0.167. The van der Waals surface area contributed by atoms with Crippen LogP contribution in [0.2, 0.25) is 0 Å². The van der Waals surface area contributed by atoms with Crippen LogP contribution >= 0.6 is 0 Å². The van der Waals surface area contributed by atoms with Crippen LogP contribution in [0.25, 0.3) is 39.0 Å². The maximum Gasteiger partial charge on any atom is 0.349 e. The quantitative estimate of drug-likeness (QED) is 0.455. The predicted octanol–water partition coefficient (Wildman–Crippen LogP) is 3.86.